The van der Waals surface area contributed by atoms with Crippen LogP contribution in [0.4, 0.5) is 0 Å². The maximum absolute atomic E-state index is 8.76. The first-order valence-electron chi connectivity index (χ1n) is 4.88. The molecule has 0 bridgehead atoms. The highest BCUT2D eigenvalue weighted by molar-refractivity contribution is 4.91. The van der Waals surface area contributed by atoms with Crippen LogP contribution in [0.5, 0.6) is 0 Å². The van der Waals surface area contributed by atoms with E-state index in [1.54, 1.807) is 0 Å². The third kappa shape index (κ3) is 3.75. The van der Waals surface area contributed by atoms with Crippen LogP contribution in [0.15, 0.2) is 0 Å². The first-order chi connectivity index (χ1) is 6.14. The molecule has 1 aliphatic heterocycles. The molecule has 0 radical (unpaired) electrons. The highest BCUT2D eigenvalue weighted by Gasteiger charge is 2.18. The largest absolute Gasteiger partial charge is 0.376 e. The van der Waals surface area contributed by atoms with Crippen molar-refractivity contribution in [3.63, 3.8) is 0 Å². The van der Waals surface area contributed by atoms with Crippen molar-refractivity contribution in [3.05, 3.63) is 0 Å². The second-order valence-corrected chi connectivity index (χ2v) is 4.25. The topological polar surface area (TPSA) is 45.0 Å². The summed E-state index contributed by atoms with van der Waals surface area (Å²) in [6, 6.07) is 2.29. The zero-order chi connectivity index (χ0) is 9.73. The van der Waals surface area contributed by atoms with Gasteiger partial charge in [-0.1, -0.05) is 0 Å². The summed E-state index contributed by atoms with van der Waals surface area (Å²) in [5.41, 5.74) is -0.193. The zero-order valence-electron chi connectivity index (χ0n) is 8.47. The van der Waals surface area contributed by atoms with E-state index >= 15 is 0 Å². The molecular weight excluding hydrogens is 164 g/mol. The van der Waals surface area contributed by atoms with Crippen molar-refractivity contribution in [2.45, 2.75) is 32.8 Å². The fraction of sp³-hybridized carbons (Fsp3) is 0.900. The van der Waals surface area contributed by atoms with Crippen LogP contribution in [0, 0.1) is 16.7 Å². The Balaban J connectivity index is 1.97. The number of hydrogen-bond acceptors (Lipinski definition) is 3. The molecule has 0 aromatic heterocycles. The lowest BCUT2D eigenvalue weighted by atomic mass is 9.90. The molecule has 1 N–H and O–H groups in total. The standard InChI is InChI=1S/C10H18N2O/c1-10(2,8-11)4-3-5-13-9-6-12-7-9/h9,12H,3-7H2,1-2H3. The molecule has 0 aliphatic carbocycles. The Bertz CT molecular complexity index is 192. The molecule has 0 spiro atoms. The van der Waals surface area contributed by atoms with E-state index in [9.17, 15) is 0 Å². The van der Waals surface area contributed by atoms with Gasteiger partial charge in [0.25, 0.3) is 0 Å². The predicted octanol–water partition coefficient (Wildman–Crippen LogP) is 1.30. The molecule has 1 rings (SSSR count). The molecule has 0 unspecified atom stereocenters. The molecule has 0 aromatic rings. The molecule has 0 atom stereocenters. The van der Waals surface area contributed by atoms with Crippen LogP contribution in [-0.4, -0.2) is 25.8 Å². The van der Waals surface area contributed by atoms with Crippen LogP contribution in [0.25, 0.3) is 0 Å². The molecule has 13 heavy (non-hydrogen) atoms. The van der Waals surface area contributed by atoms with E-state index in [0.717, 1.165) is 32.5 Å². The highest BCUT2D eigenvalue weighted by atomic mass is 16.5. The lowest BCUT2D eigenvalue weighted by Gasteiger charge is -2.27. The molecule has 1 heterocycles. The van der Waals surface area contributed by atoms with Gasteiger partial charge >= 0.3 is 0 Å². The summed E-state index contributed by atoms with van der Waals surface area (Å²) in [5.74, 6) is 0. The summed E-state index contributed by atoms with van der Waals surface area (Å²) in [6.07, 6.45) is 2.32. The van der Waals surface area contributed by atoms with Gasteiger partial charge in [0.05, 0.1) is 17.6 Å². The van der Waals surface area contributed by atoms with Crippen molar-refractivity contribution in [1.29, 1.82) is 5.26 Å². The first-order valence-corrected chi connectivity index (χ1v) is 4.88. The maximum atomic E-state index is 8.76. The number of nitrogens with one attached hydrogen (secondary N) is 1. The smallest absolute Gasteiger partial charge is 0.0823 e. The van der Waals surface area contributed by atoms with Crippen LogP contribution in [0.3, 0.4) is 0 Å². The molecule has 1 aliphatic rings. The summed E-state index contributed by atoms with van der Waals surface area (Å²) in [4.78, 5) is 0. The van der Waals surface area contributed by atoms with Gasteiger partial charge in [-0.3, -0.25) is 0 Å². The van der Waals surface area contributed by atoms with E-state index in [1.807, 2.05) is 13.8 Å². The number of nitriles is 1. The van der Waals surface area contributed by atoms with Crippen molar-refractivity contribution >= 4 is 0 Å². The number of nitrogens with zero attached hydrogens (tertiary/aromatic N) is 1. The van der Waals surface area contributed by atoms with Crippen molar-refractivity contribution in [2.75, 3.05) is 19.7 Å². The molecule has 1 fully saturated rings. The van der Waals surface area contributed by atoms with Crippen LogP contribution in [0.1, 0.15) is 26.7 Å². The lowest BCUT2D eigenvalue weighted by molar-refractivity contribution is 0.0151. The van der Waals surface area contributed by atoms with Gasteiger partial charge in [-0.15, -0.1) is 0 Å². The SMILES string of the molecule is CC(C)(C#N)CCCOC1CNC1. The monoisotopic (exact) mass is 182 g/mol. The molecule has 74 valence electrons. The Kier molecular flexibility index (Phi) is 3.71. The Morgan fingerprint density at radius 2 is 2.23 bits per heavy atom. The van der Waals surface area contributed by atoms with Gasteiger partial charge in [0.2, 0.25) is 0 Å². The molecule has 0 saturated carbocycles. The van der Waals surface area contributed by atoms with E-state index in [-0.39, 0.29) is 5.41 Å². The minimum absolute atomic E-state index is 0.193. The Labute approximate surface area is 80.1 Å². The van der Waals surface area contributed by atoms with Crippen molar-refractivity contribution in [2.24, 2.45) is 5.41 Å². The minimum Gasteiger partial charge on any atom is -0.376 e. The highest BCUT2D eigenvalue weighted by Crippen LogP contribution is 2.20. The molecule has 0 amide bonds. The van der Waals surface area contributed by atoms with Gasteiger partial charge < -0.3 is 10.1 Å². The number of rotatable bonds is 5. The van der Waals surface area contributed by atoms with Crippen LogP contribution < -0.4 is 5.32 Å². The summed E-state index contributed by atoms with van der Waals surface area (Å²) in [5, 5.41) is 11.9. The Morgan fingerprint density at radius 1 is 1.54 bits per heavy atom. The lowest BCUT2D eigenvalue weighted by Crippen LogP contribution is -2.48. The summed E-state index contributed by atoms with van der Waals surface area (Å²) >= 11 is 0. The molecular formula is C10H18N2O. The van der Waals surface area contributed by atoms with Gasteiger partial charge in [0.15, 0.2) is 0 Å². The van der Waals surface area contributed by atoms with E-state index in [0.29, 0.717) is 6.10 Å². The van der Waals surface area contributed by atoms with E-state index in [4.69, 9.17) is 10.00 Å². The quantitative estimate of drug-likeness (QED) is 0.652. The third-order valence-corrected chi connectivity index (χ3v) is 2.35. The number of hydrogen-bond donors (Lipinski definition) is 1. The van der Waals surface area contributed by atoms with Crippen molar-refractivity contribution in [3.8, 4) is 6.07 Å². The van der Waals surface area contributed by atoms with Gasteiger partial charge in [-0.2, -0.15) is 5.26 Å². The van der Waals surface area contributed by atoms with Gasteiger partial charge in [0.1, 0.15) is 0 Å². The van der Waals surface area contributed by atoms with Crippen molar-refractivity contribution < 1.29 is 4.74 Å². The van der Waals surface area contributed by atoms with Gasteiger partial charge in [-0.05, 0) is 26.7 Å². The zero-order valence-corrected chi connectivity index (χ0v) is 8.47. The molecule has 0 aromatic carbocycles. The molecule has 1 saturated heterocycles. The van der Waals surface area contributed by atoms with Crippen molar-refractivity contribution in [1.82, 2.24) is 5.32 Å². The van der Waals surface area contributed by atoms with Crippen LogP contribution >= 0.6 is 0 Å². The van der Waals surface area contributed by atoms with Crippen LogP contribution in [-0.2, 0) is 4.74 Å². The normalized spacial score (nSPS) is 17.9. The number of ether oxygens (including phenoxy) is 1. The summed E-state index contributed by atoms with van der Waals surface area (Å²) < 4.78 is 5.55. The molecule has 3 heteroatoms. The predicted molar refractivity (Wildman–Crippen MR) is 51.2 cm³/mol. The summed E-state index contributed by atoms with van der Waals surface area (Å²) in [7, 11) is 0. The fourth-order valence-corrected chi connectivity index (χ4v) is 1.20. The average molecular weight is 182 g/mol. The maximum Gasteiger partial charge on any atom is 0.0823 e. The van der Waals surface area contributed by atoms with E-state index in [2.05, 4.69) is 11.4 Å². The van der Waals surface area contributed by atoms with Crippen LogP contribution in [0.2, 0.25) is 0 Å². The van der Waals surface area contributed by atoms with E-state index < -0.39 is 0 Å². The van der Waals surface area contributed by atoms with Gasteiger partial charge in [-0.25, -0.2) is 0 Å². The fourth-order valence-electron chi connectivity index (χ4n) is 1.20. The second kappa shape index (κ2) is 4.59. The third-order valence-electron chi connectivity index (χ3n) is 2.35. The Hall–Kier alpha value is -0.590. The van der Waals surface area contributed by atoms with Gasteiger partial charge in [0, 0.05) is 19.7 Å². The summed E-state index contributed by atoms with van der Waals surface area (Å²) in [6.45, 7) is 6.70. The molecule has 3 nitrogen and oxygen atoms in total. The second-order valence-electron chi connectivity index (χ2n) is 4.25. The first kappa shape index (κ1) is 10.5. The minimum atomic E-state index is -0.193. The van der Waals surface area contributed by atoms with E-state index in [1.165, 1.54) is 0 Å². The Morgan fingerprint density at radius 3 is 2.69 bits per heavy atom. The average Bonchev–Trinajstić information content (AvgIpc) is 2.01.